The second-order valence-corrected chi connectivity index (χ2v) is 4.71. The zero-order valence-corrected chi connectivity index (χ0v) is 11.9. The molecule has 4 nitrogen and oxygen atoms in total. The molecule has 0 unspecified atom stereocenters. The van der Waals surface area contributed by atoms with Gasteiger partial charge in [0.2, 0.25) is 0 Å². The Morgan fingerprint density at radius 3 is 2.53 bits per heavy atom. The van der Waals surface area contributed by atoms with E-state index in [2.05, 4.69) is 9.97 Å². The molecule has 0 aliphatic rings. The SMILES string of the molecule is Cc1nc(Cl)c(C)c(N(C)CCOC(C)C)n1. The van der Waals surface area contributed by atoms with Crippen molar-refractivity contribution in [2.75, 3.05) is 25.1 Å². The number of aryl methyl sites for hydroxylation is 1. The predicted molar refractivity (Wildman–Crippen MR) is 70.9 cm³/mol. The fraction of sp³-hybridized carbons (Fsp3) is 0.667. The van der Waals surface area contributed by atoms with Gasteiger partial charge in [-0.3, -0.25) is 0 Å². The Hall–Kier alpha value is -0.870. The number of anilines is 1. The fourth-order valence-electron chi connectivity index (χ4n) is 1.48. The third kappa shape index (κ3) is 4.13. The molecule has 0 radical (unpaired) electrons. The van der Waals surface area contributed by atoms with E-state index in [1.807, 2.05) is 39.6 Å². The molecular formula is C12H20ClN3O. The van der Waals surface area contributed by atoms with Crippen molar-refractivity contribution in [1.82, 2.24) is 9.97 Å². The Bertz CT molecular complexity index is 382. The van der Waals surface area contributed by atoms with Crippen molar-refractivity contribution in [3.63, 3.8) is 0 Å². The minimum absolute atomic E-state index is 0.250. The maximum Gasteiger partial charge on any atom is 0.137 e. The summed E-state index contributed by atoms with van der Waals surface area (Å²) in [7, 11) is 1.98. The molecule has 1 aromatic heterocycles. The highest BCUT2D eigenvalue weighted by molar-refractivity contribution is 6.30. The molecule has 0 fully saturated rings. The summed E-state index contributed by atoms with van der Waals surface area (Å²) in [5.41, 5.74) is 0.907. The van der Waals surface area contributed by atoms with Gasteiger partial charge < -0.3 is 9.64 Å². The van der Waals surface area contributed by atoms with Crippen LogP contribution < -0.4 is 4.90 Å². The van der Waals surface area contributed by atoms with Crippen molar-refractivity contribution in [1.29, 1.82) is 0 Å². The Balaban J connectivity index is 2.71. The normalized spacial score (nSPS) is 11.0. The highest BCUT2D eigenvalue weighted by Gasteiger charge is 2.11. The summed E-state index contributed by atoms with van der Waals surface area (Å²) in [6, 6.07) is 0. The minimum Gasteiger partial charge on any atom is -0.377 e. The van der Waals surface area contributed by atoms with Crippen LogP contribution in [0, 0.1) is 13.8 Å². The lowest BCUT2D eigenvalue weighted by Crippen LogP contribution is -2.26. The Morgan fingerprint density at radius 1 is 1.29 bits per heavy atom. The molecule has 0 N–H and O–H groups in total. The number of aromatic nitrogens is 2. The van der Waals surface area contributed by atoms with E-state index in [4.69, 9.17) is 16.3 Å². The van der Waals surface area contributed by atoms with E-state index in [0.29, 0.717) is 17.6 Å². The number of nitrogens with zero attached hydrogens (tertiary/aromatic N) is 3. The van der Waals surface area contributed by atoms with Crippen LogP contribution in [0.4, 0.5) is 5.82 Å². The van der Waals surface area contributed by atoms with E-state index in [9.17, 15) is 0 Å². The van der Waals surface area contributed by atoms with Crippen LogP contribution in [0.15, 0.2) is 0 Å². The molecule has 1 aromatic rings. The summed E-state index contributed by atoms with van der Waals surface area (Å²) in [6.07, 6.45) is 0.250. The number of ether oxygens (including phenoxy) is 1. The van der Waals surface area contributed by atoms with Crippen LogP contribution >= 0.6 is 11.6 Å². The lowest BCUT2D eigenvalue weighted by Gasteiger charge is -2.21. The van der Waals surface area contributed by atoms with Gasteiger partial charge in [0.1, 0.15) is 16.8 Å². The Kier molecular flexibility index (Phi) is 5.15. The van der Waals surface area contributed by atoms with Crippen molar-refractivity contribution < 1.29 is 4.74 Å². The first-order valence-corrected chi connectivity index (χ1v) is 6.13. The summed E-state index contributed by atoms with van der Waals surface area (Å²) in [5, 5.41) is 0.518. The van der Waals surface area contributed by atoms with E-state index in [1.54, 1.807) is 0 Å². The van der Waals surface area contributed by atoms with Crippen molar-refractivity contribution in [2.24, 2.45) is 0 Å². The second kappa shape index (κ2) is 6.17. The van der Waals surface area contributed by atoms with Crippen LogP contribution in [0.1, 0.15) is 25.2 Å². The van der Waals surface area contributed by atoms with Crippen LogP contribution in [0.3, 0.4) is 0 Å². The van der Waals surface area contributed by atoms with Crippen LogP contribution in [-0.2, 0) is 4.74 Å². The van der Waals surface area contributed by atoms with Crippen LogP contribution in [-0.4, -0.2) is 36.3 Å². The topological polar surface area (TPSA) is 38.2 Å². The fourth-order valence-corrected chi connectivity index (χ4v) is 1.69. The Labute approximate surface area is 108 Å². The van der Waals surface area contributed by atoms with E-state index in [0.717, 1.165) is 17.9 Å². The zero-order valence-electron chi connectivity index (χ0n) is 11.1. The average Bonchev–Trinajstić information content (AvgIpc) is 2.22. The maximum absolute atomic E-state index is 6.04. The van der Waals surface area contributed by atoms with Gasteiger partial charge in [-0.05, 0) is 27.7 Å². The van der Waals surface area contributed by atoms with Crippen molar-refractivity contribution in [2.45, 2.75) is 33.8 Å². The third-order valence-corrected chi connectivity index (χ3v) is 2.78. The highest BCUT2D eigenvalue weighted by atomic mass is 35.5. The molecule has 0 saturated heterocycles. The first-order chi connectivity index (χ1) is 7.91. The number of hydrogen-bond acceptors (Lipinski definition) is 4. The van der Waals surface area contributed by atoms with E-state index in [1.165, 1.54) is 0 Å². The van der Waals surface area contributed by atoms with Gasteiger partial charge in [-0.2, -0.15) is 0 Å². The molecule has 5 heteroatoms. The summed E-state index contributed by atoms with van der Waals surface area (Å²) in [5.74, 6) is 1.56. The van der Waals surface area contributed by atoms with Gasteiger partial charge in [-0.1, -0.05) is 11.6 Å². The second-order valence-electron chi connectivity index (χ2n) is 4.35. The molecule has 0 atom stereocenters. The molecule has 0 bridgehead atoms. The van der Waals surface area contributed by atoms with Crippen LogP contribution in [0.5, 0.6) is 0 Å². The molecule has 0 aliphatic carbocycles. The van der Waals surface area contributed by atoms with Gasteiger partial charge in [0.05, 0.1) is 12.7 Å². The lowest BCUT2D eigenvalue weighted by molar-refractivity contribution is 0.0845. The zero-order chi connectivity index (χ0) is 13.0. The van der Waals surface area contributed by atoms with Crippen molar-refractivity contribution in [3.05, 3.63) is 16.5 Å². The quantitative estimate of drug-likeness (QED) is 0.760. The van der Waals surface area contributed by atoms with Crippen molar-refractivity contribution in [3.8, 4) is 0 Å². The van der Waals surface area contributed by atoms with Gasteiger partial charge in [0, 0.05) is 19.2 Å². The standard InChI is InChI=1S/C12H20ClN3O/c1-8(2)17-7-6-16(5)12-9(3)11(13)14-10(4)15-12/h8H,6-7H2,1-5H3. The minimum atomic E-state index is 0.250. The average molecular weight is 258 g/mol. The van der Waals surface area contributed by atoms with Gasteiger partial charge >= 0.3 is 0 Å². The van der Waals surface area contributed by atoms with Gasteiger partial charge in [-0.25, -0.2) is 9.97 Å². The lowest BCUT2D eigenvalue weighted by atomic mass is 10.3. The molecular weight excluding hydrogens is 238 g/mol. The van der Waals surface area contributed by atoms with E-state index in [-0.39, 0.29) is 6.10 Å². The molecule has 0 aromatic carbocycles. The van der Waals surface area contributed by atoms with Gasteiger partial charge in [-0.15, -0.1) is 0 Å². The number of hydrogen-bond donors (Lipinski definition) is 0. The van der Waals surface area contributed by atoms with Crippen LogP contribution in [0.2, 0.25) is 5.15 Å². The molecule has 0 saturated carbocycles. The van der Waals surface area contributed by atoms with Crippen molar-refractivity contribution >= 4 is 17.4 Å². The summed E-state index contributed by atoms with van der Waals surface area (Å²) < 4.78 is 5.52. The molecule has 17 heavy (non-hydrogen) atoms. The van der Waals surface area contributed by atoms with Crippen LogP contribution in [0.25, 0.3) is 0 Å². The molecule has 0 aliphatic heterocycles. The van der Waals surface area contributed by atoms with E-state index >= 15 is 0 Å². The van der Waals surface area contributed by atoms with Gasteiger partial charge in [0.15, 0.2) is 0 Å². The summed E-state index contributed by atoms with van der Waals surface area (Å²) >= 11 is 6.04. The van der Waals surface area contributed by atoms with Gasteiger partial charge in [0.25, 0.3) is 0 Å². The largest absolute Gasteiger partial charge is 0.377 e. The molecule has 0 amide bonds. The van der Waals surface area contributed by atoms with E-state index < -0.39 is 0 Å². The highest BCUT2D eigenvalue weighted by Crippen LogP contribution is 2.22. The molecule has 96 valence electrons. The smallest absolute Gasteiger partial charge is 0.137 e. The maximum atomic E-state index is 6.04. The first kappa shape index (κ1) is 14.2. The Morgan fingerprint density at radius 2 is 1.94 bits per heavy atom. The summed E-state index contributed by atoms with van der Waals surface area (Å²) in [6.45, 7) is 9.28. The molecule has 1 rings (SSSR count). The molecule has 0 spiro atoms. The predicted octanol–water partition coefficient (Wildman–Crippen LogP) is 2.61. The molecule has 1 heterocycles. The monoisotopic (exact) mass is 257 g/mol. The number of likely N-dealkylation sites (N-methyl/N-ethyl adjacent to an activating group) is 1. The first-order valence-electron chi connectivity index (χ1n) is 5.75. The summed E-state index contributed by atoms with van der Waals surface area (Å²) in [4.78, 5) is 10.6. The number of rotatable bonds is 5. The third-order valence-electron chi connectivity index (χ3n) is 2.41. The number of halogens is 1.